The van der Waals surface area contributed by atoms with Crippen LogP contribution in [0, 0.1) is 19.7 Å². The first-order valence-electron chi connectivity index (χ1n) is 12.0. The van der Waals surface area contributed by atoms with E-state index < -0.39 is 0 Å². The van der Waals surface area contributed by atoms with Crippen LogP contribution >= 0.6 is 0 Å². The van der Waals surface area contributed by atoms with Gasteiger partial charge in [-0.25, -0.2) is 9.07 Å². The lowest BCUT2D eigenvalue weighted by Crippen LogP contribution is -2.43. The van der Waals surface area contributed by atoms with Gasteiger partial charge in [0, 0.05) is 36.2 Å². The standard InChI is InChI=1S/C27H28FN5O2/c1-4-22-7-5-6-16-32(22)27(34)20-10-14-23(15-11-20)33-25(19-8-12-21(28)13-9-19)17(2)24(31-33)26-30-29-18(3)35-26/h8-15,22H,4-7,16H2,1-3H3/t22-/m1/s1. The second kappa shape index (κ2) is 9.44. The van der Waals surface area contributed by atoms with E-state index in [0.717, 1.165) is 48.3 Å². The third-order valence-electron chi connectivity index (χ3n) is 6.69. The van der Waals surface area contributed by atoms with Gasteiger partial charge in [-0.1, -0.05) is 6.92 Å². The Kier molecular flexibility index (Phi) is 6.19. The number of benzene rings is 2. The Morgan fingerprint density at radius 3 is 2.46 bits per heavy atom. The number of carbonyl (C=O) groups is 1. The molecule has 0 saturated carbocycles. The molecule has 1 fully saturated rings. The average molecular weight is 474 g/mol. The Morgan fingerprint density at radius 1 is 1.06 bits per heavy atom. The molecule has 0 bridgehead atoms. The Morgan fingerprint density at radius 2 is 1.80 bits per heavy atom. The largest absolute Gasteiger partial charge is 0.420 e. The van der Waals surface area contributed by atoms with Crippen molar-refractivity contribution in [3.8, 4) is 28.5 Å². The predicted octanol–water partition coefficient (Wildman–Crippen LogP) is 5.75. The van der Waals surface area contributed by atoms with Crippen molar-refractivity contribution >= 4 is 5.91 Å². The molecule has 1 aliphatic rings. The fraction of sp³-hybridized carbons (Fsp3) is 0.333. The number of likely N-dealkylation sites (tertiary alicyclic amines) is 1. The second-order valence-electron chi connectivity index (χ2n) is 8.97. The van der Waals surface area contributed by atoms with E-state index in [-0.39, 0.29) is 11.7 Å². The second-order valence-corrected chi connectivity index (χ2v) is 8.97. The molecule has 35 heavy (non-hydrogen) atoms. The van der Waals surface area contributed by atoms with E-state index in [9.17, 15) is 9.18 Å². The average Bonchev–Trinajstić information content (AvgIpc) is 3.47. The highest BCUT2D eigenvalue weighted by Crippen LogP contribution is 2.33. The number of nitrogens with zero attached hydrogens (tertiary/aromatic N) is 5. The summed E-state index contributed by atoms with van der Waals surface area (Å²) in [6, 6.07) is 14.1. The molecule has 0 N–H and O–H groups in total. The summed E-state index contributed by atoms with van der Waals surface area (Å²) in [5.41, 5.74) is 4.42. The summed E-state index contributed by atoms with van der Waals surface area (Å²) in [6.07, 6.45) is 4.25. The minimum atomic E-state index is -0.309. The number of hydrogen-bond acceptors (Lipinski definition) is 5. The summed E-state index contributed by atoms with van der Waals surface area (Å²) in [5.74, 6) is 0.532. The van der Waals surface area contributed by atoms with Crippen LogP contribution in [0.2, 0.25) is 0 Å². The molecule has 0 unspecified atom stereocenters. The van der Waals surface area contributed by atoms with Crippen LogP contribution in [0.4, 0.5) is 4.39 Å². The van der Waals surface area contributed by atoms with Gasteiger partial charge in [-0.15, -0.1) is 10.2 Å². The van der Waals surface area contributed by atoms with Crippen LogP contribution in [0.15, 0.2) is 52.9 Å². The number of aromatic nitrogens is 4. The molecule has 5 rings (SSSR count). The van der Waals surface area contributed by atoms with Crippen molar-refractivity contribution in [1.29, 1.82) is 0 Å². The minimum Gasteiger partial charge on any atom is -0.420 e. The van der Waals surface area contributed by atoms with E-state index in [1.807, 2.05) is 36.1 Å². The van der Waals surface area contributed by atoms with Gasteiger partial charge >= 0.3 is 0 Å². The van der Waals surface area contributed by atoms with Crippen molar-refractivity contribution in [3.05, 3.63) is 71.4 Å². The predicted molar refractivity (Wildman–Crippen MR) is 131 cm³/mol. The lowest BCUT2D eigenvalue weighted by molar-refractivity contribution is 0.0608. The fourth-order valence-electron chi connectivity index (χ4n) is 4.83. The van der Waals surface area contributed by atoms with Crippen LogP contribution in [0.5, 0.6) is 0 Å². The van der Waals surface area contributed by atoms with E-state index in [0.29, 0.717) is 29.1 Å². The van der Waals surface area contributed by atoms with Gasteiger partial charge in [0.05, 0.1) is 11.4 Å². The monoisotopic (exact) mass is 473 g/mol. The van der Waals surface area contributed by atoms with Crippen molar-refractivity contribution in [1.82, 2.24) is 24.9 Å². The molecular weight excluding hydrogens is 445 g/mol. The quantitative estimate of drug-likeness (QED) is 0.369. The van der Waals surface area contributed by atoms with Gasteiger partial charge < -0.3 is 9.32 Å². The molecule has 7 nitrogen and oxygen atoms in total. The Balaban J connectivity index is 1.54. The van der Waals surface area contributed by atoms with E-state index >= 15 is 0 Å². The molecule has 0 radical (unpaired) electrons. The molecule has 3 heterocycles. The summed E-state index contributed by atoms with van der Waals surface area (Å²) >= 11 is 0. The fourth-order valence-corrected chi connectivity index (χ4v) is 4.83. The van der Waals surface area contributed by atoms with Crippen LogP contribution in [-0.2, 0) is 0 Å². The summed E-state index contributed by atoms with van der Waals surface area (Å²) in [6.45, 7) is 6.60. The number of amides is 1. The molecule has 180 valence electrons. The molecule has 2 aromatic carbocycles. The van der Waals surface area contributed by atoms with Gasteiger partial charge in [-0.3, -0.25) is 4.79 Å². The molecule has 1 atom stereocenters. The van der Waals surface area contributed by atoms with Gasteiger partial charge in [-0.2, -0.15) is 5.10 Å². The van der Waals surface area contributed by atoms with Crippen molar-refractivity contribution in [2.45, 2.75) is 52.5 Å². The number of piperidine rings is 1. The van der Waals surface area contributed by atoms with E-state index in [4.69, 9.17) is 9.52 Å². The zero-order valence-electron chi connectivity index (χ0n) is 20.2. The minimum absolute atomic E-state index is 0.0699. The number of hydrogen-bond donors (Lipinski definition) is 0. The van der Waals surface area contributed by atoms with Crippen LogP contribution in [0.3, 0.4) is 0 Å². The number of halogens is 1. The van der Waals surface area contributed by atoms with Crippen LogP contribution in [-0.4, -0.2) is 43.4 Å². The van der Waals surface area contributed by atoms with E-state index in [1.165, 1.54) is 18.6 Å². The van der Waals surface area contributed by atoms with Crippen molar-refractivity contribution in [3.63, 3.8) is 0 Å². The van der Waals surface area contributed by atoms with Gasteiger partial charge in [-0.05, 0) is 81.1 Å². The SMILES string of the molecule is CC[C@@H]1CCCCN1C(=O)c1ccc(-n2nc(-c3nnc(C)o3)c(C)c2-c2ccc(F)cc2)cc1. The number of carbonyl (C=O) groups excluding carboxylic acids is 1. The molecule has 1 aliphatic heterocycles. The van der Waals surface area contributed by atoms with Crippen LogP contribution < -0.4 is 0 Å². The van der Waals surface area contributed by atoms with Crippen LogP contribution in [0.1, 0.15) is 54.4 Å². The first kappa shape index (κ1) is 23.0. The third-order valence-corrected chi connectivity index (χ3v) is 6.69. The zero-order chi connectivity index (χ0) is 24.5. The van der Waals surface area contributed by atoms with Gasteiger partial charge in [0.25, 0.3) is 11.8 Å². The van der Waals surface area contributed by atoms with E-state index in [2.05, 4.69) is 17.1 Å². The lowest BCUT2D eigenvalue weighted by atomic mass is 9.99. The molecule has 0 spiro atoms. The smallest absolute Gasteiger partial charge is 0.268 e. The maximum absolute atomic E-state index is 13.6. The third kappa shape index (κ3) is 4.36. The van der Waals surface area contributed by atoms with Gasteiger partial charge in [0.15, 0.2) is 5.69 Å². The molecule has 1 amide bonds. The lowest BCUT2D eigenvalue weighted by Gasteiger charge is -2.35. The van der Waals surface area contributed by atoms with Crippen molar-refractivity contribution in [2.24, 2.45) is 0 Å². The van der Waals surface area contributed by atoms with Crippen LogP contribution in [0.25, 0.3) is 28.5 Å². The maximum Gasteiger partial charge on any atom is 0.268 e. The molecule has 2 aromatic heterocycles. The maximum atomic E-state index is 13.6. The first-order chi connectivity index (χ1) is 17.0. The Hall–Kier alpha value is -3.81. The summed E-state index contributed by atoms with van der Waals surface area (Å²) in [5, 5.41) is 12.8. The molecular formula is C27H28FN5O2. The highest BCUT2D eigenvalue weighted by atomic mass is 19.1. The number of rotatable bonds is 5. The van der Waals surface area contributed by atoms with Gasteiger partial charge in [0.1, 0.15) is 5.82 Å². The summed E-state index contributed by atoms with van der Waals surface area (Å²) in [7, 11) is 0. The van der Waals surface area contributed by atoms with Crippen molar-refractivity contribution in [2.75, 3.05) is 6.54 Å². The molecule has 0 aliphatic carbocycles. The Labute approximate surface area is 203 Å². The van der Waals surface area contributed by atoms with E-state index in [1.54, 1.807) is 23.7 Å². The molecule has 1 saturated heterocycles. The van der Waals surface area contributed by atoms with Crippen molar-refractivity contribution < 1.29 is 13.6 Å². The zero-order valence-corrected chi connectivity index (χ0v) is 20.2. The summed E-state index contributed by atoms with van der Waals surface area (Å²) in [4.78, 5) is 15.2. The normalized spacial score (nSPS) is 16.0. The molecule has 4 aromatic rings. The molecule has 8 heteroatoms. The number of aryl methyl sites for hydroxylation is 1. The highest BCUT2D eigenvalue weighted by molar-refractivity contribution is 5.94. The summed E-state index contributed by atoms with van der Waals surface area (Å²) < 4.78 is 21.1. The topological polar surface area (TPSA) is 77.1 Å². The first-order valence-corrected chi connectivity index (χ1v) is 12.0. The Bertz CT molecular complexity index is 1340. The highest BCUT2D eigenvalue weighted by Gasteiger charge is 2.27. The van der Waals surface area contributed by atoms with Gasteiger partial charge in [0.2, 0.25) is 5.89 Å².